The van der Waals surface area contributed by atoms with E-state index >= 15 is 0 Å². The Hall–Kier alpha value is -1.70. The van der Waals surface area contributed by atoms with Crippen LogP contribution in [0.2, 0.25) is 0 Å². The number of halogens is 1. The Morgan fingerprint density at radius 2 is 1.71 bits per heavy atom. The number of carbonyl (C=O) groups is 3. The zero-order valence-electron chi connectivity index (χ0n) is 6.56. The summed E-state index contributed by atoms with van der Waals surface area (Å²) in [4.78, 5) is 29.9. The fourth-order valence-corrected chi connectivity index (χ4v) is 0.680. The molecule has 14 heavy (non-hydrogen) atoms. The van der Waals surface area contributed by atoms with Crippen molar-refractivity contribution in [3.63, 3.8) is 0 Å². The first-order valence-electron chi connectivity index (χ1n) is 3.20. The molecule has 0 heterocycles. The molecule has 0 spiro atoms. The summed E-state index contributed by atoms with van der Waals surface area (Å²) >= 11 is 0. The monoisotopic (exact) mass is 206 g/mol. The van der Waals surface area contributed by atoms with E-state index in [4.69, 9.17) is 5.11 Å². The first-order chi connectivity index (χ1) is 6.21. The molecule has 1 N–H and O–H groups in total. The molecule has 0 bridgehead atoms. The van der Waals surface area contributed by atoms with Crippen molar-refractivity contribution in [1.29, 1.82) is 0 Å². The first-order valence-corrected chi connectivity index (χ1v) is 3.20. The van der Waals surface area contributed by atoms with Gasteiger partial charge in [-0.05, 0) is 0 Å². The van der Waals surface area contributed by atoms with Gasteiger partial charge in [-0.25, -0.2) is 4.39 Å². The fourth-order valence-electron chi connectivity index (χ4n) is 0.680. The summed E-state index contributed by atoms with van der Waals surface area (Å²) < 4.78 is 12.6. The Bertz CT molecular complexity index is 275. The molecular formula is C6H4FO7-3. The molecule has 8 heteroatoms. The molecule has 0 aromatic heterocycles. The van der Waals surface area contributed by atoms with Gasteiger partial charge in [0.1, 0.15) is 5.60 Å². The van der Waals surface area contributed by atoms with Crippen LogP contribution in [0.5, 0.6) is 0 Å². The molecule has 0 aliphatic carbocycles. The minimum atomic E-state index is -3.68. The molecule has 2 atom stereocenters. The highest BCUT2D eigenvalue weighted by atomic mass is 18.2. The van der Waals surface area contributed by atoms with Crippen LogP contribution in [0, 0.1) is 0 Å². The second-order valence-corrected chi connectivity index (χ2v) is 2.44. The van der Waals surface area contributed by atoms with Crippen LogP contribution in [0.4, 0.5) is 4.39 Å². The van der Waals surface area contributed by atoms with E-state index in [-0.39, 0.29) is 0 Å². The molecule has 0 amide bonds. The molecule has 7 nitrogen and oxygen atoms in total. The summed E-state index contributed by atoms with van der Waals surface area (Å²) in [6.07, 6.45) is -5.16. The average Bonchev–Trinajstić information content (AvgIpc) is 2.00. The number of aliphatic carboxylic acids is 3. The summed E-state index contributed by atoms with van der Waals surface area (Å²) in [5, 5.41) is 38.7. The fraction of sp³-hybridized carbons (Fsp3) is 0.500. The molecule has 2 unspecified atom stereocenters. The third-order valence-corrected chi connectivity index (χ3v) is 1.39. The van der Waals surface area contributed by atoms with Gasteiger partial charge in [-0.2, -0.15) is 0 Å². The first kappa shape index (κ1) is 12.3. The van der Waals surface area contributed by atoms with Gasteiger partial charge in [-0.1, -0.05) is 0 Å². The molecular weight excluding hydrogens is 202 g/mol. The number of alkyl halides is 1. The van der Waals surface area contributed by atoms with E-state index in [2.05, 4.69) is 0 Å². The van der Waals surface area contributed by atoms with E-state index in [1.807, 2.05) is 0 Å². The maximum atomic E-state index is 12.6. The smallest absolute Gasteiger partial charge is 0.174 e. The maximum Gasteiger partial charge on any atom is 0.174 e. The second kappa shape index (κ2) is 4.01. The van der Waals surface area contributed by atoms with Gasteiger partial charge in [0.05, 0.1) is 11.9 Å². The van der Waals surface area contributed by atoms with Gasteiger partial charge in [0.25, 0.3) is 0 Å². The van der Waals surface area contributed by atoms with Crippen molar-refractivity contribution in [2.24, 2.45) is 0 Å². The van der Waals surface area contributed by atoms with Crippen LogP contribution in [0.25, 0.3) is 0 Å². The predicted octanol–water partition coefficient (Wildman–Crippen LogP) is -5.30. The van der Waals surface area contributed by atoms with Crippen LogP contribution in [-0.2, 0) is 14.4 Å². The number of hydrogen-bond acceptors (Lipinski definition) is 7. The number of hydrogen-bond donors (Lipinski definition) is 1. The molecule has 0 fully saturated rings. The standard InChI is InChI=1S/C6H7FO7/c7-3(4(10)11)6(14,5(12)13)1-2(8)9/h3,14H,1H2,(H,8,9)(H,10,11)(H,12,13)/p-3/i7-1. The summed E-state index contributed by atoms with van der Waals surface area (Å²) in [7, 11) is 0. The Morgan fingerprint density at radius 1 is 1.29 bits per heavy atom. The van der Waals surface area contributed by atoms with Gasteiger partial charge < -0.3 is 34.8 Å². The predicted molar refractivity (Wildman–Crippen MR) is 29.5 cm³/mol. The van der Waals surface area contributed by atoms with Crippen molar-refractivity contribution in [2.75, 3.05) is 0 Å². The largest absolute Gasteiger partial charge is 0.550 e. The average molecular weight is 206 g/mol. The van der Waals surface area contributed by atoms with E-state index in [0.717, 1.165) is 0 Å². The van der Waals surface area contributed by atoms with E-state index in [9.17, 15) is 34.1 Å². The number of aliphatic hydroxyl groups is 1. The molecule has 0 aromatic carbocycles. The number of carboxylic acids is 3. The van der Waals surface area contributed by atoms with E-state index in [1.165, 1.54) is 0 Å². The highest BCUT2D eigenvalue weighted by Crippen LogP contribution is 2.17. The third-order valence-electron chi connectivity index (χ3n) is 1.39. The van der Waals surface area contributed by atoms with Gasteiger partial charge in [-0.3, -0.25) is 0 Å². The molecule has 0 saturated heterocycles. The maximum absolute atomic E-state index is 12.6. The lowest BCUT2D eigenvalue weighted by Gasteiger charge is -2.32. The second-order valence-electron chi connectivity index (χ2n) is 2.44. The zero-order chi connectivity index (χ0) is 11.5. The minimum Gasteiger partial charge on any atom is -0.550 e. The molecule has 0 saturated carbocycles. The normalized spacial score (nSPS) is 16.7. The molecule has 0 aliphatic rings. The summed E-state index contributed by atoms with van der Waals surface area (Å²) in [6.45, 7) is 0. The van der Waals surface area contributed by atoms with Gasteiger partial charge in [0, 0.05) is 12.4 Å². The van der Waals surface area contributed by atoms with E-state index in [0.29, 0.717) is 0 Å². The lowest BCUT2D eigenvalue weighted by Crippen LogP contribution is -2.61. The van der Waals surface area contributed by atoms with Crippen LogP contribution >= 0.6 is 0 Å². The topological polar surface area (TPSA) is 141 Å². The molecule has 0 radical (unpaired) electrons. The highest BCUT2D eigenvalue weighted by molar-refractivity contribution is 5.88. The van der Waals surface area contributed by atoms with Crippen molar-refractivity contribution in [3.8, 4) is 0 Å². The molecule has 80 valence electrons. The Balaban J connectivity index is 4.99. The Labute approximate surface area is 76.4 Å². The quantitative estimate of drug-likeness (QED) is 0.473. The summed E-state index contributed by atoms with van der Waals surface area (Å²) in [5.41, 5.74) is -3.68. The van der Waals surface area contributed by atoms with E-state index < -0.39 is 36.1 Å². The van der Waals surface area contributed by atoms with Crippen molar-refractivity contribution < 1.29 is 39.2 Å². The van der Waals surface area contributed by atoms with Crippen molar-refractivity contribution >= 4 is 17.9 Å². The Morgan fingerprint density at radius 3 is 1.93 bits per heavy atom. The lowest BCUT2D eigenvalue weighted by atomic mass is 9.94. The van der Waals surface area contributed by atoms with Crippen LogP contribution in [0.1, 0.15) is 6.42 Å². The van der Waals surface area contributed by atoms with Crippen LogP contribution in [-0.4, -0.2) is 34.8 Å². The molecule has 0 aromatic rings. The van der Waals surface area contributed by atoms with Crippen molar-refractivity contribution in [1.82, 2.24) is 0 Å². The van der Waals surface area contributed by atoms with Gasteiger partial charge >= 0.3 is 0 Å². The number of carbonyl (C=O) groups excluding carboxylic acids is 3. The number of rotatable bonds is 5. The van der Waals surface area contributed by atoms with E-state index in [1.54, 1.807) is 0 Å². The van der Waals surface area contributed by atoms with Crippen molar-refractivity contribution in [3.05, 3.63) is 0 Å². The molecule has 0 rings (SSSR count). The van der Waals surface area contributed by atoms with Gasteiger partial charge in [0.15, 0.2) is 6.17 Å². The molecule has 0 aliphatic heterocycles. The number of carboxylic acid groups (broad SMARTS) is 3. The minimum absolute atomic E-state index is 1.75. The van der Waals surface area contributed by atoms with Crippen molar-refractivity contribution in [2.45, 2.75) is 18.2 Å². The summed E-state index contributed by atoms with van der Waals surface area (Å²) in [5.74, 6) is -7.27. The van der Waals surface area contributed by atoms with Crippen LogP contribution in [0.15, 0.2) is 0 Å². The third kappa shape index (κ3) is 2.39. The zero-order valence-corrected chi connectivity index (χ0v) is 6.56. The van der Waals surface area contributed by atoms with Crippen LogP contribution in [0.3, 0.4) is 0 Å². The Kier molecular flexibility index (Phi) is 3.52. The van der Waals surface area contributed by atoms with Gasteiger partial charge in [-0.15, -0.1) is 0 Å². The van der Waals surface area contributed by atoms with Crippen LogP contribution < -0.4 is 15.3 Å². The lowest BCUT2D eigenvalue weighted by molar-refractivity contribution is -0.346. The van der Waals surface area contributed by atoms with Gasteiger partial charge in [0.2, 0.25) is 0 Å². The SMILES string of the molecule is O=C([O-])CC(O)(C(=O)[O-])C([18F])C(=O)[O-]. The summed E-state index contributed by atoms with van der Waals surface area (Å²) in [6, 6.07) is 0. The highest BCUT2D eigenvalue weighted by Gasteiger charge is 2.40.